The molecule has 14 rings (SSSR count). The number of para-hydroxylation sites is 3. The minimum Gasteiger partial charge on any atom is -0.456 e. The van der Waals surface area contributed by atoms with Crippen molar-refractivity contribution in [3.63, 3.8) is 0 Å². The molecule has 3 nitrogen and oxygen atoms in total. The van der Waals surface area contributed by atoms with Gasteiger partial charge >= 0.3 is 0 Å². The molecule has 0 saturated heterocycles. The predicted octanol–water partition coefficient (Wildman–Crippen LogP) is 18.3. The SMILES string of the molecule is CC1(C)c2ccccc2-c2ccc(N(c3ccc(-c4ccccc4)cc3)c3ccc(N4c5ccccc5C(c5ccccc5)(c5cc6ccccc6c6c5oc5ccccc56)c5ccccc54)cc3)cc21. The zero-order chi connectivity index (χ0) is 47.3. The van der Waals surface area contributed by atoms with Crippen molar-refractivity contribution < 1.29 is 4.42 Å². The summed E-state index contributed by atoms with van der Waals surface area (Å²) in [5, 5.41) is 4.64. The fourth-order valence-corrected chi connectivity index (χ4v) is 12.3. The summed E-state index contributed by atoms with van der Waals surface area (Å²) in [6.45, 7) is 4.71. The Labute approximate surface area is 414 Å². The predicted molar refractivity (Wildman–Crippen MR) is 295 cm³/mol. The number of furan rings is 1. The van der Waals surface area contributed by atoms with Crippen molar-refractivity contribution in [3.8, 4) is 22.3 Å². The fraction of sp³-hybridized carbons (Fsp3) is 0.0588. The monoisotopic (exact) mass is 908 g/mol. The molecular weight excluding hydrogens is 861 g/mol. The molecule has 71 heavy (non-hydrogen) atoms. The van der Waals surface area contributed by atoms with Crippen LogP contribution in [0.4, 0.5) is 34.1 Å². The van der Waals surface area contributed by atoms with Crippen LogP contribution in [0.25, 0.3) is 55.0 Å². The van der Waals surface area contributed by atoms with Gasteiger partial charge in [-0.2, -0.15) is 0 Å². The molecule has 0 unspecified atom stereocenters. The van der Waals surface area contributed by atoms with Crippen LogP contribution in [-0.2, 0) is 10.8 Å². The van der Waals surface area contributed by atoms with Crippen molar-refractivity contribution in [1.29, 1.82) is 0 Å². The molecule has 0 bridgehead atoms. The molecule has 12 aromatic rings. The van der Waals surface area contributed by atoms with Gasteiger partial charge in [-0.15, -0.1) is 0 Å². The van der Waals surface area contributed by atoms with Gasteiger partial charge in [-0.05, 0) is 134 Å². The summed E-state index contributed by atoms with van der Waals surface area (Å²) >= 11 is 0. The van der Waals surface area contributed by atoms with Crippen molar-refractivity contribution >= 4 is 66.8 Å². The normalized spacial score (nSPS) is 14.0. The first-order chi connectivity index (χ1) is 35.0. The van der Waals surface area contributed by atoms with Crippen molar-refractivity contribution in [2.45, 2.75) is 24.7 Å². The molecule has 11 aromatic carbocycles. The number of anilines is 6. The summed E-state index contributed by atoms with van der Waals surface area (Å²) in [5.74, 6) is 0. The minimum absolute atomic E-state index is 0.137. The van der Waals surface area contributed by atoms with Crippen LogP contribution in [-0.4, -0.2) is 0 Å². The molecule has 0 radical (unpaired) electrons. The second-order valence-electron chi connectivity index (χ2n) is 19.6. The quantitative estimate of drug-likeness (QED) is 0.159. The largest absolute Gasteiger partial charge is 0.456 e. The second-order valence-corrected chi connectivity index (χ2v) is 19.6. The molecule has 3 heteroatoms. The van der Waals surface area contributed by atoms with E-state index in [1.165, 1.54) is 60.8 Å². The molecule has 336 valence electrons. The van der Waals surface area contributed by atoms with Gasteiger partial charge in [0.25, 0.3) is 0 Å². The van der Waals surface area contributed by atoms with Gasteiger partial charge in [-0.1, -0.05) is 196 Å². The Morgan fingerprint density at radius 3 is 1.65 bits per heavy atom. The Bertz CT molecular complexity index is 3970. The number of rotatable bonds is 7. The van der Waals surface area contributed by atoms with Crippen molar-refractivity contribution in [2.75, 3.05) is 9.80 Å². The maximum atomic E-state index is 7.10. The molecule has 2 heterocycles. The molecule has 0 amide bonds. The molecule has 1 aliphatic heterocycles. The summed E-state index contributed by atoms with van der Waals surface area (Å²) in [6, 6.07) is 93.4. The van der Waals surface area contributed by atoms with Gasteiger partial charge in [0, 0.05) is 44.5 Å². The lowest BCUT2D eigenvalue weighted by atomic mass is 9.62. The van der Waals surface area contributed by atoms with E-state index in [9.17, 15) is 0 Å². The van der Waals surface area contributed by atoms with Gasteiger partial charge < -0.3 is 14.2 Å². The van der Waals surface area contributed by atoms with Crippen LogP contribution in [0.3, 0.4) is 0 Å². The van der Waals surface area contributed by atoms with Crippen LogP contribution in [0.2, 0.25) is 0 Å². The summed E-state index contributed by atoms with van der Waals surface area (Å²) in [6.07, 6.45) is 0. The third-order valence-corrected chi connectivity index (χ3v) is 15.5. The lowest BCUT2D eigenvalue weighted by Crippen LogP contribution is -2.37. The van der Waals surface area contributed by atoms with E-state index < -0.39 is 5.41 Å². The van der Waals surface area contributed by atoms with E-state index in [1.807, 2.05) is 0 Å². The van der Waals surface area contributed by atoms with Crippen LogP contribution < -0.4 is 9.80 Å². The number of fused-ring (bicyclic) bond motifs is 10. The van der Waals surface area contributed by atoms with E-state index >= 15 is 0 Å². The highest BCUT2D eigenvalue weighted by Gasteiger charge is 2.48. The van der Waals surface area contributed by atoms with Crippen molar-refractivity contribution in [3.05, 3.63) is 288 Å². The molecule has 1 aliphatic carbocycles. The maximum absolute atomic E-state index is 7.10. The molecule has 0 spiro atoms. The highest BCUT2D eigenvalue weighted by Crippen LogP contribution is 2.60. The highest BCUT2D eigenvalue weighted by atomic mass is 16.3. The van der Waals surface area contributed by atoms with E-state index in [0.29, 0.717) is 0 Å². The molecule has 0 atom stereocenters. The highest BCUT2D eigenvalue weighted by molar-refractivity contribution is 6.20. The van der Waals surface area contributed by atoms with Crippen LogP contribution in [0.1, 0.15) is 47.2 Å². The average molecular weight is 909 g/mol. The van der Waals surface area contributed by atoms with Crippen LogP contribution in [0.15, 0.2) is 259 Å². The number of hydrogen-bond donors (Lipinski definition) is 0. The van der Waals surface area contributed by atoms with Crippen molar-refractivity contribution in [1.82, 2.24) is 0 Å². The first-order valence-corrected chi connectivity index (χ1v) is 24.7. The van der Waals surface area contributed by atoms with Gasteiger partial charge in [0.05, 0.1) is 16.8 Å². The van der Waals surface area contributed by atoms with E-state index in [2.05, 4.69) is 278 Å². The lowest BCUT2D eigenvalue weighted by molar-refractivity contribution is 0.644. The van der Waals surface area contributed by atoms with Crippen LogP contribution >= 0.6 is 0 Å². The zero-order valence-electron chi connectivity index (χ0n) is 39.6. The van der Waals surface area contributed by atoms with E-state index in [1.54, 1.807) is 0 Å². The van der Waals surface area contributed by atoms with Crippen molar-refractivity contribution in [2.24, 2.45) is 0 Å². The Hall–Kier alpha value is -8.92. The Balaban J connectivity index is 0.953. The smallest absolute Gasteiger partial charge is 0.140 e. The standard InChI is InChI=1S/C68H48N2O/c1-67(2)57-27-13-11-25-54(57)55-42-41-52(44-60(55)67)69(49-35-33-46(34-36-49)45-19-5-3-6-20-45)50-37-39-51(40-38-50)70-62-30-16-14-28-58(62)68(48-22-7-4-8-23-48,59-29-15-17-31-63(59)70)61-43-47-21-9-10-24-53(47)65-56-26-12-18-32-64(56)71-66(61)65/h3-44H,1-2H3. The Kier molecular flexibility index (Phi) is 9.15. The topological polar surface area (TPSA) is 19.6 Å². The van der Waals surface area contributed by atoms with Gasteiger partial charge in [-0.25, -0.2) is 0 Å². The zero-order valence-corrected chi connectivity index (χ0v) is 39.6. The van der Waals surface area contributed by atoms with E-state index in [0.717, 1.165) is 61.6 Å². The van der Waals surface area contributed by atoms with Gasteiger partial charge in [0.2, 0.25) is 0 Å². The van der Waals surface area contributed by atoms with Crippen LogP contribution in [0.5, 0.6) is 0 Å². The summed E-state index contributed by atoms with van der Waals surface area (Å²) < 4.78 is 7.10. The fourth-order valence-electron chi connectivity index (χ4n) is 12.3. The molecule has 2 aliphatic rings. The van der Waals surface area contributed by atoms with Gasteiger partial charge in [0.15, 0.2) is 0 Å². The second kappa shape index (κ2) is 15.8. The van der Waals surface area contributed by atoms with Gasteiger partial charge in [0.1, 0.15) is 11.2 Å². The first-order valence-electron chi connectivity index (χ1n) is 24.7. The molecule has 1 aromatic heterocycles. The third kappa shape index (κ3) is 6.09. The van der Waals surface area contributed by atoms with E-state index in [4.69, 9.17) is 4.42 Å². The number of hydrogen-bond acceptors (Lipinski definition) is 3. The minimum atomic E-state index is -0.745. The molecular formula is C68H48N2O. The van der Waals surface area contributed by atoms with Crippen LogP contribution in [0, 0.1) is 0 Å². The maximum Gasteiger partial charge on any atom is 0.140 e. The number of benzene rings is 11. The Morgan fingerprint density at radius 2 is 0.930 bits per heavy atom. The van der Waals surface area contributed by atoms with E-state index in [-0.39, 0.29) is 5.41 Å². The molecule has 0 saturated carbocycles. The Morgan fingerprint density at radius 1 is 0.394 bits per heavy atom. The number of nitrogens with zero attached hydrogens (tertiary/aromatic N) is 2. The summed E-state index contributed by atoms with van der Waals surface area (Å²) in [5.41, 5.74) is 19.9. The average Bonchev–Trinajstić information content (AvgIpc) is 3.94. The molecule has 0 fully saturated rings. The summed E-state index contributed by atoms with van der Waals surface area (Å²) in [7, 11) is 0. The molecule has 0 N–H and O–H groups in total. The third-order valence-electron chi connectivity index (χ3n) is 15.5. The first kappa shape index (κ1) is 41.1. The summed E-state index contributed by atoms with van der Waals surface area (Å²) in [4.78, 5) is 4.87. The lowest BCUT2D eigenvalue weighted by Gasteiger charge is -2.46. The van der Waals surface area contributed by atoms with Gasteiger partial charge in [-0.3, -0.25) is 0 Å².